The summed E-state index contributed by atoms with van der Waals surface area (Å²) in [5.74, 6) is 1.27. The minimum atomic E-state index is -0.115. The third-order valence-corrected chi connectivity index (χ3v) is 4.11. The Kier molecular flexibility index (Phi) is 7.34. The van der Waals surface area contributed by atoms with E-state index in [1.165, 1.54) is 5.56 Å². The number of benzene rings is 1. The molecule has 6 nitrogen and oxygen atoms in total. The van der Waals surface area contributed by atoms with Gasteiger partial charge in [-0.2, -0.15) is 0 Å². The Labute approximate surface area is 144 Å². The van der Waals surface area contributed by atoms with Crippen LogP contribution in [-0.4, -0.2) is 57.4 Å². The van der Waals surface area contributed by atoms with E-state index in [9.17, 15) is 4.79 Å². The van der Waals surface area contributed by atoms with Crippen molar-refractivity contribution in [2.75, 3.05) is 46.5 Å². The maximum atomic E-state index is 12.0. The molecule has 6 heteroatoms. The number of urea groups is 1. The van der Waals surface area contributed by atoms with Gasteiger partial charge in [-0.05, 0) is 23.6 Å². The van der Waals surface area contributed by atoms with Crippen molar-refractivity contribution in [3.05, 3.63) is 29.8 Å². The van der Waals surface area contributed by atoms with Crippen molar-refractivity contribution in [2.24, 2.45) is 5.92 Å². The molecule has 0 aromatic heterocycles. The number of hydrogen-bond donors (Lipinski definition) is 2. The molecule has 1 aromatic rings. The molecule has 1 fully saturated rings. The molecule has 1 heterocycles. The summed E-state index contributed by atoms with van der Waals surface area (Å²) in [6.45, 7) is 8.59. The predicted octanol–water partition coefficient (Wildman–Crippen LogP) is 2.02. The zero-order valence-corrected chi connectivity index (χ0v) is 14.9. The fourth-order valence-corrected chi connectivity index (χ4v) is 2.72. The van der Waals surface area contributed by atoms with E-state index in [0.717, 1.165) is 32.1 Å². The Balaban J connectivity index is 2.00. The zero-order valence-electron chi connectivity index (χ0n) is 14.9. The van der Waals surface area contributed by atoms with Crippen molar-refractivity contribution in [3.63, 3.8) is 0 Å². The van der Waals surface area contributed by atoms with Crippen LogP contribution >= 0.6 is 0 Å². The molecule has 2 rings (SSSR count). The van der Waals surface area contributed by atoms with Crippen molar-refractivity contribution in [1.29, 1.82) is 0 Å². The van der Waals surface area contributed by atoms with Crippen LogP contribution < -0.4 is 15.4 Å². The minimum Gasteiger partial charge on any atom is -0.497 e. The molecule has 134 valence electrons. The van der Waals surface area contributed by atoms with Gasteiger partial charge in [0, 0.05) is 26.2 Å². The van der Waals surface area contributed by atoms with Gasteiger partial charge in [-0.3, -0.25) is 4.90 Å². The van der Waals surface area contributed by atoms with Crippen LogP contribution in [0.4, 0.5) is 4.79 Å². The molecule has 2 amide bonds. The Morgan fingerprint density at radius 3 is 2.38 bits per heavy atom. The van der Waals surface area contributed by atoms with Gasteiger partial charge in [0.15, 0.2) is 0 Å². The molecular formula is C18H29N3O3. The number of carbonyl (C=O) groups excluding carboxylic acids is 1. The van der Waals surface area contributed by atoms with E-state index >= 15 is 0 Å². The summed E-state index contributed by atoms with van der Waals surface area (Å²) in [4.78, 5) is 14.3. The maximum Gasteiger partial charge on any atom is 0.314 e. The van der Waals surface area contributed by atoms with Gasteiger partial charge in [-0.15, -0.1) is 0 Å². The number of nitrogens with one attached hydrogen (secondary N) is 2. The molecule has 0 spiro atoms. The molecule has 1 aromatic carbocycles. The van der Waals surface area contributed by atoms with Crippen LogP contribution in [0.25, 0.3) is 0 Å². The third-order valence-electron chi connectivity index (χ3n) is 4.11. The number of nitrogens with zero attached hydrogens (tertiary/aromatic N) is 1. The molecule has 1 atom stereocenters. The van der Waals surface area contributed by atoms with Crippen molar-refractivity contribution >= 4 is 6.03 Å². The Bertz CT molecular complexity index is 499. The summed E-state index contributed by atoms with van der Waals surface area (Å²) in [6, 6.07) is 8.06. The second kappa shape index (κ2) is 9.49. The van der Waals surface area contributed by atoms with E-state index in [-0.39, 0.29) is 12.1 Å². The molecule has 0 bridgehead atoms. The molecule has 1 aliphatic rings. The van der Waals surface area contributed by atoms with Gasteiger partial charge in [0.2, 0.25) is 0 Å². The molecule has 0 saturated carbocycles. The van der Waals surface area contributed by atoms with Gasteiger partial charge >= 0.3 is 6.03 Å². The number of carbonyl (C=O) groups is 1. The Hall–Kier alpha value is -1.79. The first kappa shape index (κ1) is 18.5. The molecule has 1 aliphatic heterocycles. The van der Waals surface area contributed by atoms with Crippen molar-refractivity contribution in [3.8, 4) is 5.75 Å². The molecular weight excluding hydrogens is 306 g/mol. The molecule has 0 radical (unpaired) electrons. The lowest BCUT2D eigenvalue weighted by atomic mass is 10.0. The van der Waals surface area contributed by atoms with Gasteiger partial charge in [0.25, 0.3) is 0 Å². The van der Waals surface area contributed by atoms with Crippen molar-refractivity contribution < 1.29 is 14.3 Å². The number of methoxy groups -OCH3 is 1. The second-order valence-electron chi connectivity index (χ2n) is 6.42. The monoisotopic (exact) mass is 335 g/mol. The Morgan fingerprint density at radius 1 is 1.17 bits per heavy atom. The highest BCUT2D eigenvalue weighted by Gasteiger charge is 2.23. The number of morpholine rings is 1. The first-order valence-corrected chi connectivity index (χ1v) is 8.57. The summed E-state index contributed by atoms with van der Waals surface area (Å²) in [6.07, 6.45) is 0. The van der Waals surface area contributed by atoms with Crippen LogP contribution in [0, 0.1) is 5.92 Å². The second-order valence-corrected chi connectivity index (χ2v) is 6.42. The van der Waals surface area contributed by atoms with Crippen LogP contribution in [-0.2, 0) is 4.74 Å². The highest BCUT2D eigenvalue weighted by Crippen LogP contribution is 2.23. The summed E-state index contributed by atoms with van der Waals surface area (Å²) in [5, 5.41) is 5.90. The average Bonchev–Trinajstić information content (AvgIpc) is 2.61. The quantitative estimate of drug-likeness (QED) is 0.800. The first-order valence-electron chi connectivity index (χ1n) is 8.57. The summed E-state index contributed by atoms with van der Waals surface area (Å²) in [7, 11) is 1.66. The van der Waals surface area contributed by atoms with Gasteiger partial charge < -0.3 is 20.1 Å². The van der Waals surface area contributed by atoms with E-state index in [4.69, 9.17) is 9.47 Å². The number of amides is 2. The molecule has 1 unspecified atom stereocenters. The highest BCUT2D eigenvalue weighted by molar-refractivity contribution is 5.73. The van der Waals surface area contributed by atoms with E-state index in [0.29, 0.717) is 19.0 Å². The molecule has 2 N–H and O–H groups in total. The number of rotatable bonds is 7. The lowest BCUT2D eigenvalue weighted by Crippen LogP contribution is -2.46. The van der Waals surface area contributed by atoms with Crippen LogP contribution in [0.2, 0.25) is 0 Å². The van der Waals surface area contributed by atoms with Crippen LogP contribution in [0.5, 0.6) is 5.75 Å². The van der Waals surface area contributed by atoms with Crippen LogP contribution in [0.3, 0.4) is 0 Å². The van der Waals surface area contributed by atoms with E-state index in [1.807, 2.05) is 12.1 Å². The SMILES string of the molecule is COc1ccc(C(CNC(=O)NCC(C)C)N2CCOCC2)cc1. The smallest absolute Gasteiger partial charge is 0.314 e. The van der Waals surface area contributed by atoms with Crippen LogP contribution in [0.15, 0.2) is 24.3 Å². The molecule has 1 saturated heterocycles. The topological polar surface area (TPSA) is 62.8 Å². The fourth-order valence-electron chi connectivity index (χ4n) is 2.72. The predicted molar refractivity (Wildman–Crippen MR) is 94.4 cm³/mol. The Morgan fingerprint density at radius 2 is 1.79 bits per heavy atom. The van der Waals surface area contributed by atoms with Gasteiger partial charge in [0.1, 0.15) is 5.75 Å². The number of ether oxygens (including phenoxy) is 2. The van der Waals surface area contributed by atoms with Crippen LogP contribution in [0.1, 0.15) is 25.5 Å². The van der Waals surface area contributed by atoms with E-state index in [1.54, 1.807) is 7.11 Å². The summed E-state index contributed by atoms with van der Waals surface area (Å²) >= 11 is 0. The van der Waals surface area contributed by atoms with E-state index < -0.39 is 0 Å². The highest BCUT2D eigenvalue weighted by atomic mass is 16.5. The van der Waals surface area contributed by atoms with Gasteiger partial charge in [-0.1, -0.05) is 26.0 Å². The van der Waals surface area contributed by atoms with Crippen molar-refractivity contribution in [2.45, 2.75) is 19.9 Å². The van der Waals surface area contributed by atoms with Gasteiger partial charge in [-0.25, -0.2) is 4.79 Å². The normalized spacial score (nSPS) is 16.7. The third kappa shape index (κ3) is 5.69. The lowest BCUT2D eigenvalue weighted by Gasteiger charge is -2.35. The minimum absolute atomic E-state index is 0.115. The first-order chi connectivity index (χ1) is 11.6. The number of hydrogen-bond acceptors (Lipinski definition) is 4. The summed E-state index contributed by atoms with van der Waals surface area (Å²) < 4.78 is 10.7. The van der Waals surface area contributed by atoms with E-state index in [2.05, 4.69) is 41.5 Å². The zero-order chi connectivity index (χ0) is 17.4. The molecule has 0 aliphatic carbocycles. The molecule has 24 heavy (non-hydrogen) atoms. The largest absolute Gasteiger partial charge is 0.497 e. The maximum absolute atomic E-state index is 12.0. The summed E-state index contributed by atoms with van der Waals surface area (Å²) in [5.41, 5.74) is 1.17. The average molecular weight is 335 g/mol. The standard InChI is InChI=1S/C18H29N3O3/c1-14(2)12-19-18(22)20-13-17(21-8-10-24-11-9-21)15-4-6-16(23-3)7-5-15/h4-7,14,17H,8-13H2,1-3H3,(H2,19,20,22). The van der Waals surface area contributed by atoms with Gasteiger partial charge in [0.05, 0.1) is 26.4 Å². The fraction of sp³-hybridized carbons (Fsp3) is 0.611. The van der Waals surface area contributed by atoms with Crippen molar-refractivity contribution in [1.82, 2.24) is 15.5 Å². The lowest BCUT2D eigenvalue weighted by molar-refractivity contribution is 0.0167.